The lowest BCUT2D eigenvalue weighted by Crippen LogP contribution is -2.31. The molecule has 1 nitrogen and oxygen atoms in total. The molecule has 27 heavy (non-hydrogen) atoms. The van der Waals surface area contributed by atoms with E-state index in [9.17, 15) is 4.39 Å². The smallest absolute Gasteiger partial charge is 0.107 e. The Balaban J connectivity index is 1.50. The van der Waals surface area contributed by atoms with Crippen LogP contribution in [-0.4, -0.2) is 23.7 Å². The second-order valence-corrected chi connectivity index (χ2v) is 8.30. The molecule has 2 atom stereocenters. The van der Waals surface area contributed by atoms with Gasteiger partial charge in [-0.15, -0.1) is 0 Å². The first-order chi connectivity index (χ1) is 13.1. The molecule has 146 valence electrons. The highest BCUT2D eigenvalue weighted by atomic mass is 19.1. The van der Waals surface area contributed by atoms with Gasteiger partial charge < -0.3 is 0 Å². The third-order valence-corrected chi connectivity index (χ3v) is 5.96. The fourth-order valence-electron chi connectivity index (χ4n) is 4.22. The van der Waals surface area contributed by atoms with Crippen LogP contribution in [0, 0.1) is 0 Å². The molecule has 0 amide bonds. The lowest BCUT2D eigenvalue weighted by atomic mass is 9.82. The molecule has 2 heteroatoms. The quantitative estimate of drug-likeness (QED) is 0.513. The Morgan fingerprint density at radius 2 is 1.63 bits per heavy atom. The van der Waals surface area contributed by atoms with Crippen LogP contribution in [0.15, 0.2) is 54.6 Å². The minimum Gasteiger partial charge on any atom is -0.297 e. The summed E-state index contributed by atoms with van der Waals surface area (Å²) >= 11 is 0. The topological polar surface area (TPSA) is 3.24 Å². The van der Waals surface area contributed by atoms with Crippen molar-refractivity contribution >= 4 is 0 Å². The minimum atomic E-state index is -0.651. The van der Waals surface area contributed by atoms with Crippen molar-refractivity contribution in [1.82, 2.24) is 4.90 Å². The zero-order chi connectivity index (χ0) is 19.1. The molecule has 3 rings (SSSR count). The monoisotopic (exact) mass is 367 g/mol. The van der Waals surface area contributed by atoms with Crippen LogP contribution in [0.2, 0.25) is 0 Å². The van der Waals surface area contributed by atoms with Gasteiger partial charge in [0.2, 0.25) is 0 Å². The zero-order valence-electron chi connectivity index (χ0n) is 16.9. The Morgan fingerprint density at radius 1 is 0.926 bits per heavy atom. The molecule has 1 fully saturated rings. The predicted octanol–water partition coefficient (Wildman–Crippen LogP) is 6.53. The summed E-state index contributed by atoms with van der Waals surface area (Å²) in [5, 5.41) is 0. The van der Waals surface area contributed by atoms with Crippen molar-refractivity contribution < 1.29 is 4.39 Å². The second-order valence-electron chi connectivity index (χ2n) is 8.30. The van der Waals surface area contributed by atoms with Crippen LogP contribution in [0.1, 0.15) is 68.6 Å². The summed E-state index contributed by atoms with van der Waals surface area (Å²) in [6, 6.07) is 20.0. The molecular weight excluding hydrogens is 333 g/mol. The maximum atomic E-state index is 14.2. The van der Waals surface area contributed by atoms with E-state index in [1.165, 1.54) is 23.1 Å². The van der Waals surface area contributed by atoms with Gasteiger partial charge in [-0.25, -0.2) is 4.39 Å². The predicted molar refractivity (Wildman–Crippen MR) is 113 cm³/mol. The fourth-order valence-corrected chi connectivity index (χ4v) is 4.22. The maximum absolute atomic E-state index is 14.2. The molecule has 1 aliphatic carbocycles. The summed E-state index contributed by atoms with van der Waals surface area (Å²) in [7, 11) is 0. The van der Waals surface area contributed by atoms with Crippen LogP contribution in [-0.2, 0) is 13.0 Å². The molecule has 0 aromatic heterocycles. The average Bonchev–Trinajstić information content (AvgIpc) is 2.69. The molecule has 0 heterocycles. The van der Waals surface area contributed by atoms with E-state index in [4.69, 9.17) is 0 Å². The van der Waals surface area contributed by atoms with Crippen LogP contribution in [0.4, 0.5) is 4.39 Å². The van der Waals surface area contributed by atoms with Gasteiger partial charge in [0, 0.05) is 18.5 Å². The molecule has 0 saturated heterocycles. The summed E-state index contributed by atoms with van der Waals surface area (Å²) < 4.78 is 14.2. The minimum absolute atomic E-state index is 0.120. The Labute approximate surface area is 164 Å². The number of benzene rings is 2. The molecule has 2 unspecified atom stereocenters. The van der Waals surface area contributed by atoms with E-state index in [-0.39, 0.29) is 5.92 Å². The third kappa shape index (κ3) is 5.90. The molecule has 1 aliphatic rings. The summed E-state index contributed by atoms with van der Waals surface area (Å²) in [6.07, 6.45) is 5.54. The van der Waals surface area contributed by atoms with Crippen molar-refractivity contribution in [1.29, 1.82) is 0 Å². The first kappa shape index (κ1) is 20.1. The first-order valence-electron chi connectivity index (χ1n) is 10.6. The van der Waals surface area contributed by atoms with E-state index in [1.807, 2.05) is 0 Å². The highest BCUT2D eigenvalue weighted by molar-refractivity contribution is 5.26. The fraction of sp³-hybridized carbons (Fsp3) is 0.520. The van der Waals surface area contributed by atoms with E-state index in [1.54, 1.807) is 0 Å². The van der Waals surface area contributed by atoms with Crippen molar-refractivity contribution in [2.24, 2.45) is 0 Å². The number of nitrogens with zero attached hydrogens (tertiary/aromatic N) is 1. The van der Waals surface area contributed by atoms with Crippen LogP contribution < -0.4 is 0 Å². The number of hydrogen-bond acceptors (Lipinski definition) is 1. The Bertz CT molecular complexity index is 664. The lowest BCUT2D eigenvalue weighted by Gasteiger charge is -2.27. The van der Waals surface area contributed by atoms with Crippen molar-refractivity contribution in [2.75, 3.05) is 6.54 Å². The van der Waals surface area contributed by atoms with Gasteiger partial charge in [-0.05, 0) is 62.8 Å². The van der Waals surface area contributed by atoms with Gasteiger partial charge in [0.1, 0.15) is 6.17 Å². The zero-order valence-corrected chi connectivity index (χ0v) is 16.9. The van der Waals surface area contributed by atoms with Crippen molar-refractivity contribution in [3.63, 3.8) is 0 Å². The molecule has 0 aliphatic heterocycles. The van der Waals surface area contributed by atoms with Gasteiger partial charge in [0.05, 0.1) is 0 Å². The molecule has 0 spiro atoms. The van der Waals surface area contributed by atoms with Crippen molar-refractivity contribution in [3.05, 3.63) is 71.3 Å². The summed E-state index contributed by atoms with van der Waals surface area (Å²) in [5.74, 6) is 0.120. The van der Waals surface area contributed by atoms with Crippen LogP contribution in [0.5, 0.6) is 0 Å². The molecule has 0 N–H and O–H groups in total. The highest BCUT2D eigenvalue weighted by Gasteiger charge is 2.25. The Hall–Kier alpha value is -1.67. The molecule has 0 radical (unpaired) electrons. The molecule has 2 aromatic carbocycles. The Kier molecular flexibility index (Phi) is 7.46. The number of aryl methyl sites for hydroxylation is 1. The number of hydrogen-bond donors (Lipinski definition) is 0. The van der Waals surface area contributed by atoms with Gasteiger partial charge in [0.15, 0.2) is 0 Å². The van der Waals surface area contributed by atoms with Crippen LogP contribution >= 0.6 is 0 Å². The van der Waals surface area contributed by atoms with E-state index in [0.717, 1.165) is 45.2 Å². The van der Waals surface area contributed by atoms with Crippen LogP contribution in [0.25, 0.3) is 0 Å². The maximum Gasteiger partial charge on any atom is 0.107 e. The van der Waals surface area contributed by atoms with E-state index in [2.05, 4.69) is 73.3 Å². The van der Waals surface area contributed by atoms with Gasteiger partial charge in [-0.3, -0.25) is 4.90 Å². The molecule has 2 aromatic rings. The number of halogens is 1. The summed E-state index contributed by atoms with van der Waals surface area (Å²) in [6.45, 7) is 6.66. The van der Waals surface area contributed by atoms with E-state index in [0.29, 0.717) is 6.04 Å². The molecule has 1 saturated carbocycles. The van der Waals surface area contributed by atoms with Gasteiger partial charge in [0.25, 0.3) is 0 Å². The number of alkyl halides is 1. The van der Waals surface area contributed by atoms with Gasteiger partial charge >= 0.3 is 0 Å². The molecule has 0 bridgehead atoms. The SMILES string of the molecule is CC(C)N(CCCc1ccc(C2CCCCC2F)cc1)Cc1ccccc1. The highest BCUT2D eigenvalue weighted by Crippen LogP contribution is 2.35. The van der Waals surface area contributed by atoms with Crippen molar-refractivity contribution in [2.45, 2.75) is 77.0 Å². The molecular formula is C25H34FN. The van der Waals surface area contributed by atoms with Crippen molar-refractivity contribution in [3.8, 4) is 0 Å². The van der Waals surface area contributed by atoms with E-state index >= 15 is 0 Å². The van der Waals surface area contributed by atoms with Crippen LogP contribution in [0.3, 0.4) is 0 Å². The Morgan fingerprint density at radius 3 is 2.30 bits per heavy atom. The van der Waals surface area contributed by atoms with Gasteiger partial charge in [-0.2, -0.15) is 0 Å². The van der Waals surface area contributed by atoms with Gasteiger partial charge in [-0.1, -0.05) is 67.4 Å². The standard InChI is InChI=1S/C25H34FN/c1-20(2)27(19-22-9-4-3-5-10-22)18-8-11-21-14-16-23(17-15-21)24-12-6-7-13-25(24)26/h3-5,9-10,14-17,20,24-25H,6-8,11-13,18-19H2,1-2H3. The average molecular weight is 368 g/mol. The summed E-state index contributed by atoms with van der Waals surface area (Å²) in [5.41, 5.74) is 3.94. The first-order valence-corrected chi connectivity index (χ1v) is 10.6. The van der Waals surface area contributed by atoms with E-state index < -0.39 is 6.17 Å². The normalized spacial score (nSPS) is 20.3. The third-order valence-electron chi connectivity index (χ3n) is 5.96. The second kappa shape index (κ2) is 10.0. The largest absolute Gasteiger partial charge is 0.297 e. The number of rotatable bonds is 8. The lowest BCUT2D eigenvalue weighted by molar-refractivity contribution is 0.210. The summed E-state index contributed by atoms with van der Waals surface area (Å²) in [4.78, 5) is 2.54.